The van der Waals surface area contributed by atoms with Crippen molar-refractivity contribution in [3.63, 3.8) is 0 Å². The Balaban J connectivity index is 1.93. The van der Waals surface area contributed by atoms with Crippen LogP contribution in [-0.2, 0) is 0 Å². The van der Waals surface area contributed by atoms with Crippen LogP contribution in [0.25, 0.3) is 0 Å². The summed E-state index contributed by atoms with van der Waals surface area (Å²) in [5, 5.41) is 0. The summed E-state index contributed by atoms with van der Waals surface area (Å²) >= 11 is 0. The van der Waals surface area contributed by atoms with Crippen molar-refractivity contribution in [1.82, 2.24) is 9.88 Å². The first-order chi connectivity index (χ1) is 9.72. The highest BCUT2D eigenvalue weighted by molar-refractivity contribution is 5.49. The number of hydrogen-bond donors (Lipinski definition) is 0. The van der Waals surface area contributed by atoms with E-state index >= 15 is 0 Å². The van der Waals surface area contributed by atoms with Crippen molar-refractivity contribution in [1.29, 1.82) is 0 Å². The average molecular weight is 266 g/mol. The van der Waals surface area contributed by atoms with Gasteiger partial charge in [0.05, 0.1) is 5.69 Å². The van der Waals surface area contributed by atoms with Crippen LogP contribution >= 0.6 is 0 Å². The van der Waals surface area contributed by atoms with Crippen molar-refractivity contribution in [2.45, 2.75) is 18.8 Å². The second-order valence-corrected chi connectivity index (χ2v) is 5.96. The number of likely N-dealkylation sites (N-methyl/N-ethyl adjacent to an activating group) is 1. The molecule has 0 bridgehead atoms. The van der Waals surface area contributed by atoms with Crippen molar-refractivity contribution in [2.75, 3.05) is 20.1 Å². The molecular formula is C17H18N2O. The van der Waals surface area contributed by atoms with E-state index in [4.69, 9.17) is 4.74 Å². The minimum Gasteiger partial charge on any atom is -0.455 e. The normalized spacial score (nSPS) is 24.3. The minimum absolute atomic E-state index is 0.430. The van der Waals surface area contributed by atoms with Crippen LogP contribution in [-0.4, -0.2) is 30.0 Å². The van der Waals surface area contributed by atoms with Crippen LogP contribution in [0.3, 0.4) is 0 Å². The molecule has 1 unspecified atom stereocenters. The maximum atomic E-state index is 6.15. The molecular weight excluding hydrogens is 248 g/mol. The predicted molar refractivity (Wildman–Crippen MR) is 78.5 cm³/mol. The molecule has 1 aromatic carbocycles. The maximum absolute atomic E-state index is 6.15. The van der Waals surface area contributed by atoms with E-state index < -0.39 is 0 Å². The lowest BCUT2D eigenvalue weighted by atomic mass is 9.86. The Morgan fingerprint density at radius 3 is 2.90 bits per heavy atom. The first-order valence-corrected chi connectivity index (χ1v) is 7.14. The molecule has 0 amide bonds. The van der Waals surface area contributed by atoms with Crippen LogP contribution in [0.15, 0.2) is 36.5 Å². The van der Waals surface area contributed by atoms with Gasteiger partial charge in [0, 0.05) is 36.7 Å². The smallest absolute Gasteiger partial charge is 0.149 e. The number of rotatable bonds is 0. The first kappa shape index (κ1) is 11.9. The number of likely N-dealkylation sites (tertiary alicyclic amines) is 1. The van der Waals surface area contributed by atoms with Gasteiger partial charge in [0.1, 0.15) is 11.5 Å². The van der Waals surface area contributed by atoms with Gasteiger partial charge in [-0.05, 0) is 32.2 Å². The van der Waals surface area contributed by atoms with Gasteiger partial charge in [0.25, 0.3) is 0 Å². The number of benzene rings is 1. The number of aromatic nitrogens is 1. The summed E-state index contributed by atoms with van der Waals surface area (Å²) in [7, 11) is 2.19. The number of pyridine rings is 1. The Labute approximate surface area is 119 Å². The Kier molecular flexibility index (Phi) is 2.57. The molecule has 2 aromatic rings. The SMILES string of the molecule is Cc1ccc2c(c1)[C@@H]1CN(C)CC1c1ncccc1O2. The summed E-state index contributed by atoms with van der Waals surface area (Å²) < 4.78 is 6.15. The van der Waals surface area contributed by atoms with Crippen LogP contribution in [0, 0.1) is 6.92 Å². The van der Waals surface area contributed by atoms with Gasteiger partial charge in [-0.25, -0.2) is 0 Å². The lowest BCUT2D eigenvalue weighted by Crippen LogP contribution is -2.14. The zero-order chi connectivity index (χ0) is 13.7. The van der Waals surface area contributed by atoms with E-state index in [2.05, 4.69) is 42.1 Å². The number of aryl methyl sites for hydroxylation is 1. The van der Waals surface area contributed by atoms with E-state index in [1.54, 1.807) is 0 Å². The fourth-order valence-electron chi connectivity index (χ4n) is 3.53. The van der Waals surface area contributed by atoms with Crippen molar-refractivity contribution >= 4 is 0 Å². The van der Waals surface area contributed by atoms with Gasteiger partial charge in [0.15, 0.2) is 0 Å². The number of ether oxygens (including phenoxy) is 1. The molecule has 0 saturated carbocycles. The van der Waals surface area contributed by atoms with Crippen LogP contribution in [0.2, 0.25) is 0 Å². The van der Waals surface area contributed by atoms with E-state index in [9.17, 15) is 0 Å². The highest BCUT2D eigenvalue weighted by atomic mass is 16.5. The largest absolute Gasteiger partial charge is 0.455 e. The molecule has 2 aliphatic rings. The quantitative estimate of drug-likeness (QED) is 0.731. The summed E-state index contributed by atoms with van der Waals surface area (Å²) in [5.41, 5.74) is 3.73. The molecule has 3 heterocycles. The monoisotopic (exact) mass is 266 g/mol. The molecule has 2 aliphatic heterocycles. The lowest BCUT2D eigenvalue weighted by Gasteiger charge is -2.16. The summed E-state index contributed by atoms with van der Waals surface area (Å²) in [6.07, 6.45) is 1.87. The highest BCUT2D eigenvalue weighted by Crippen LogP contribution is 2.48. The molecule has 0 spiro atoms. The van der Waals surface area contributed by atoms with E-state index in [0.717, 1.165) is 30.3 Å². The fourth-order valence-corrected chi connectivity index (χ4v) is 3.53. The Morgan fingerprint density at radius 1 is 1.15 bits per heavy atom. The maximum Gasteiger partial charge on any atom is 0.149 e. The van der Waals surface area contributed by atoms with Crippen molar-refractivity contribution in [3.05, 3.63) is 53.3 Å². The van der Waals surface area contributed by atoms with E-state index in [1.165, 1.54) is 11.1 Å². The highest BCUT2D eigenvalue weighted by Gasteiger charge is 2.39. The van der Waals surface area contributed by atoms with Crippen LogP contribution < -0.4 is 4.74 Å². The van der Waals surface area contributed by atoms with Gasteiger partial charge < -0.3 is 9.64 Å². The van der Waals surface area contributed by atoms with Crippen LogP contribution in [0.1, 0.15) is 28.7 Å². The zero-order valence-corrected chi connectivity index (χ0v) is 11.8. The first-order valence-electron chi connectivity index (χ1n) is 7.14. The number of fused-ring (bicyclic) bond motifs is 5. The second-order valence-electron chi connectivity index (χ2n) is 5.96. The van der Waals surface area contributed by atoms with Gasteiger partial charge in [-0.1, -0.05) is 17.7 Å². The summed E-state index contributed by atoms with van der Waals surface area (Å²) in [6.45, 7) is 4.26. The Bertz CT molecular complexity index is 668. The molecule has 102 valence electrons. The fraction of sp³-hybridized carbons (Fsp3) is 0.353. The lowest BCUT2D eigenvalue weighted by molar-refractivity contribution is 0.400. The van der Waals surface area contributed by atoms with Crippen molar-refractivity contribution in [2.24, 2.45) is 0 Å². The third-order valence-corrected chi connectivity index (χ3v) is 4.44. The standard InChI is InChI=1S/C17H18N2O/c1-11-5-6-15-12(8-11)13-9-19(2)10-14(13)17-16(20-15)4-3-7-18-17/h3-8,13-14H,9-10H2,1-2H3/t13-,14?/m0/s1. The topological polar surface area (TPSA) is 25.4 Å². The summed E-state index contributed by atoms with van der Waals surface area (Å²) in [4.78, 5) is 7.00. The summed E-state index contributed by atoms with van der Waals surface area (Å²) in [5.74, 6) is 2.82. The zero-order valence-electron chi connectivity index (χ0n) is 11.8. The molecule has 3 nitrogen and oxygen atoms in total. The molecule has 1 aromatic heterocycles. The number of hydrogen-bond acceptors (Lipinski definition) is 3. The molecule has 2 atom stereocenters. The Hall–Kier alpha value is -1.87. The second kappa shape index (κ2) is 4.32. The summed E-state index contributed by atoms with van der Waals surface area (Å²) in [6, 6.07) is 10.5. The molecule has 0 aliphatic carbocycles. The van der Waals surface area contributed by atoms with Gasteiger partial charge >= 0.3 is 0 Å². The molecule has 3 heteroatoms. The van der Waals surface area contributed by atoms with E-state index in [0.29, 0.717) is 11.8 Å². The third kappa shape index (κ3) is 1.74. The Morgan fingerprint density at radius 2 is 2.00 bits per heavy atom. The minimum atomic E-state index is 0.430. The van der Waals surface area contributed by atoms with Crippen LogP contribution in [0.4, 0.5) is 0 Å². The predicted octanol–water partition coefficient (Wildman–Crippen LogP) is 3.31. The molecule has 4 rings (SSSR count). The van der Waals surface area contributed by atoms with Gasteiger partial charge in [-0.2, -0.15) is 0 Å². The average Bonchev–Trinajstić information content (AvgIpc) is 2.78. The van der Waals surface area contributed by atoms with Gasteiger partial charge in [-0.3, -0.25) is 4.98 Å². The molecule has 1 saturated heterocycles. The molecule has 1 fully saturated rings. The van der Waals surface area contributed by atoms with Gasteiger partial charge in [0.2, 0.25) is 0 Å². The molecule has 0 radical (unpaired) electrons. The number of nitrogens with zero attached hydrogens (tertiary/aromatic N) is 2. The van der Waals surface area contributed by atoms with Gasteiger partial charge in [-0.15, -0.1) is 0 Å². The van der Waals surface area contributed by atoms with Crippen LogP contribution in [0.5, 0.6) is 11.5 Å². The van der Waals surface area contributed by atoms with Crippen molar-refractivity contribution < 1.29 is 4.74 Å². The third-order valence-electron chi connectivity index (χ3n) is 4.44. The molecule has 0 N–H and O–H groups in total. The van der Waals surface area contributed by atoms with E-state index in [1.807, 2.05) is 18.3 Å². The van der Waals surface area contributed by atoms with E-state index in [-0.39, 0.29) is 0 Å². The molecule has 20 heavy (non-hydrogen) atoms. The van der Waals surface area contributed by atoms with Crippen molar-refractivity contribution in [3.8, 4) is 11.5 Å².